The molecule has 0 saturated carbocycles. The number of anilines is 1. The van der Waals surface area contributed by atoms with E-state index < -0.39 is 11.9 Å². The molecule has 0 atom stereocenters. The number of hydrogen-bond donors (Lipinski definition) is 1. The van der Waals surface area contributed by atoms with Crippen LogP contribution in [-0.2, 0) is 7.05 Å². The topological polar surface area (TPSA) is 72.7 Å². The minimum atomic E-state index is -0.595. The van der Waals surface area contributed by atoms with Gasteiger partial charge in [0.25, 0.3) is 5.91 Å². The molecule has 1 amide bonds. The lowest BCUT2D eigenvalue weighted by molar-refractivity contribution is 0.102. The normalized spacial score (nSPS) is 10.3. The molecule has 88 valence electrons. The Morgan fingerprint density at radius 2 is 2.12 bits per heavy atom. The molecule has 0 saturated heterocycles. The summed E-state index contributed by atoms with van der Waals surface area (Å²) in [5.74, 6) is -1.14. The molecule has 0 aliphatic carbocycles. The van der Waals surface area contributed by atoms with Crippen LogP contribution in [0.2, 0.25) is 5.28 Å². The van der Waals surface area contributed by atoms with Gasteiger partial charge in [0, 0.05) is 13.1 Å². The van der Waals surface area contributed by atoms with Crippen LogP contribution in [0.5, 0.6) is 0 Å². The summed E-state index contributed by atoms with van der Waals surface area (Å²) in [5.41, 5.74) is 0.324. The highest BCUT2D eigenvalue weighted by Crippen LogP contribution is 2.08. The van der Waals surface area contributed by atoms with Crippen LogP contribution >= 0.6 is 11.6 Å². The fraction of sp³-hybridized carbons (Fsp3) is 0.111. The van der Waals surface area contributed by atoms with Gasteiger partial charge in [0.15, 0.2) is 5.69 Å². The van der Waals surface area contributed by atoms with Crippen molar-refractivity contribution in [3.05, 3.63) is 35.4 Å². The van der Waals surface area contributed by atoms with Crippen molar-refractivity contribution in [2.75, 3.05) is 5.32 Å². The van der Waals surface area contributed by atoms with E-state index in [-0.39, 0.29) is 11.0 Å². The largest absolute Gasteiger partial charge is 0.318 e. The standard InChI is InChI=1S/C9H7ClFN5O/c1-16-7(11)2-6(15-16)8(17)14-5-3-12-9(10)13-4-5/h2-4H,1H3,(H,14,17). The predicted molar refractivity (Wildman–Crippen MR) is 58.2 cm³/mol. The van der Waals surface area contributed by atoms with Gasteiger partial charge in [-0.1, -0.05) is 0 Å². The number of carbonyl (C=O) groups excluding carboxylic acids is 1. The molecule has 8 heteroatoms. The molecule has 0 aliphatic rings. The van der Waals surface area contributed by atoms with Crippen molar-refractivity contribution in [2.24, 2.45) is 7.05 Å². The van der Waals surface area contributed by atoms with Crippen LogP contribution in [0.15, 0.2) is 18.5 Å². The van der Waals surface area contributed by atoms with Crippen LogP contribution in [0.1, 0.15) is 10.5 Å². The number of carbonyl (C=O) groups is 1. The molecule has 2 aromatic rings. The molecular weight excluding hydrogens is 249 g/mol. The Kier molecular flexibility index (Phi) is 3.01. The highest BCUT2D eigenvalue weighted by molar-refractivity contribution is 6.28. The Morgan fingerprint density at radius 1 is 1.47 bits per heavy atom. The molecule has 1 N–H and O–H groups in total. The first kappa shape index (κ1) is 11.5. The van der Waals surface area contributed by atoms with Crippen molar-refractivity contribution in [2.45, 2.75) is 0 Å². The van der Waals surface area contributed by atoms with Crippen LogP contribution in [0, 0.1) is 5.95 Å². The van der Waals surface area contributed by atoms with Gasteiger partial charge in [-0.25, -0.2) is 14.6 Å². The maximum atomic E-state index is 13.0. The van der Waals surface area contributed by atoms with E-state index in [1.165, 1.54) is 19.4 Å². The maximum Gasteiger partial charge on any atom is 0.276 e. The zero-order chi connectivity index (χ0) is 12.4. The number of nitrogens with zero attached hydrogens (tertiary/aromatic N) is 4. The second-order valence-electron chi connectivity index (χ2n) is 3.17. The van der Waals surface area contributed by atoms with Crippen molar-refractivity contribution >= 4 is 23.2 Å². The smallest absolute Gasteiger partial charge is 0.276 e. The molecule has 0 aromatic carbocycles. The first-order valence-electron chi connectivity index (χ1n) is 4.54. The molecule has 2 aromatic heterocycles. The third-order valence-electron chi connectivity index (χ3n) is 1.93. The van der Waals surface area contributed by atoms with Crippen molar-refractivity contribution in [1.82, 2.24) is 19.7 Å². The molecule has 0 radical (unpaired) electrons. The van der Waals surface area contributed by atoms with E-state index in [0.29, 0.717) is 5.69 Å². The van der Waals surface area contributed by atoms with Crippen molar-refractivity contribution in [3.63, 3.8) is 0 Å². The Balaban J connectivity index is 2.14. The second-order valence-corrected chi connectivity index (χ2v) is 3.51. The van der Waals surface area contributed by atoms with Gasteiger partial charge in [-0.3, -0.25) is 4.79 Å². The zero-order valence-electron chi connectivity index (χ0n) is 8.69. The van der Waals surface area contributed by atoms with Gasteiger partial charge in [0.05, 0.1) is 18.1 Å². The van der Waals surface area contributed by atoms with Crippen LogP contribution in [0.4, 0.5) is 10.1 Å². The Hall–Kier alpha value is -2.02. The first-order valence-corrected chi connectivity index (χ1v) is 4.92. The van der Waals surface area contributed by atoms with E-state index in [9.17, 15) is 9.18 Å². The lowest BCUT2D eigenvalue weighted by Crippen LogP contribution is -2.13. The van der Waals surface area contributed by atoms with Crippen molar-refractivity contribution in [3.8, 4) is 0 Å². The number of rotatable bonds is 2. The Morgan fingerprint density at radius 3 is 2.65 bits per heavy atom. The first-order chi connectivity index (χ1) is 8.06. The average molecular weight is 256 g/mol. The van der Waals surface area contributed by atoms with Gasteiger partial charge in [0.1, 0.15) is 0 Å². The number of hydrogen-bond acceptors (Lipinski definition) is 4. The molecule has 17 heavy (non-hydrogen) atoms. The molecule has 2 heterocycles. The highest BCUT2D eigenvalue weighted by Gasteiger charge is 2.12. The second kappa shape index (κ2) is 4.46. The summed E-state index contributed by atoms with van der Waals surface area (Å²) < 4.78 is 13.9. The van der Waals surface area contributed by atoms with Gasteiger partial charge in [-0.2, -0.15) is 9.49 Å². The molecule has 2 rings (SSSR count). The van der Waals surface area contributed by atoms with E-state index in [0.717, 1.165) is 10.7 Å². The Labute approximate surface area is 100 Å². The van der Waals surface area contributed by atoms with Gasteiger partial charge < -0.3 is 5.32 Å². The van der Waals surface area contributed by atoms with E-state index in [2.05, 4.69) is 20.4 Å². The molecule has 6 nitrogen and oxygen atoms in total. The summed E-state index contributed by atoms with van der Waals surface area (Å²) in [6, 6.07) is 1.03. The van der Waals surface area contributed by atoms with Gasteiger partial charge >= 0.3 is 0 Å². The highest BCUT2D eigenvalue weighted by atomic mass is 35.5. The minimum Gasteiger partial charge on any atom is -0.318 e. The summed E-state index contributed by atoms with van der Waals surface area (Å²) in [5, 5.41) is 6.22. The van der Waals surface area contributed by atoms with E-state index in [4.69, 9.17) is 11.6 Å². The van der Waals surface area contributed by atoms with E-state index in [1.54, 1.807) is 0 Å². The summed E-state index contributed by atoms with van der Waals surface area (Å²) in [4.78, 5) is 19.0. The molecule has 0 aliphatic heterocycles. The number of aromatic nitrogens is 4. The minimum absolute atomic E-state index is 0.0278. The van der Waals surface area contributed by atoms with Gasteiger partial charge in [-0.15, -0.1) is 0 Å². The van der Waals surface area contributed by atoms with E-state index >= 15 is 0 Å². The molecule has 0 bridgehead atoms. The zero-order valence-corrected chi connectivity index (χ0v) is 9.44. The number of amides is 1. The van der Waals surface area contributed by atoms with Gasteiger partial charge in [0.2, 0.25) is 11.2 Å². The average Bonchev–Trinajstić information content (AvgIpc) is 2.63. The van der Waals surface area contributed by atoms with Crippen LogP contribution in [0.25, 0.3) is 0 Å². The summed E-state index contributed by atoms with van der Waals surface area (Å²) in [6.07, 6.45) is 2.68. The molecule has 0 fully saturated rings. The quantitative estimate of drug-likeness (QED) is 0.820. The maximum absolute atomic E-state index is 13.0. The monoisotopic (exact) mass is 255 g/mol. The van der Waals surface area contributed by atoms with Crippen molar-refractivity contribution < 1.29 is 9.18 Å². The van der Waals surface area contributed by atoms with Crippen LogP contribution < -0.4 is 5.32 Å². The fourth-order valence-corrected chi connectivity index (χ4v) is 1.22. The number of aryl methyl sites for hydroxylation is 1. The molecule has 0 unspecified atom stereocenters. The molecular formula is C9H7ClFN5O. The molecule has 0 spiro atoms. The Bertz CT molecular complexity index is 534. The number of halogens is 2. The predicted octanol–water partition coefficient (Wildman–Crippen LogP) is 1.25. The van der Waals surface area contributed by atoms with Crippen LogP contribution in [0.3, 0.4) is 0 Å². The van der Waals surface area contributed by atoms with Crippen molar-refractivity contribution in [1.29, 1.82) is 0 Å². The summed E-state index contributed by atoms with van der Waals surface area (Å²) in [6.45, 7) is 0. The lowest BCUT2D eigenvalue weighted by atomic mass is 10.4. The summed E-state index contributed by atoms with van der Waals surface area (Å²) in [7, 11) is 1.40. The fourth-order valence-electron chi connectivity index (χ4n) is 1.13. The third kappa shape index (κ3) is 2.56. The third-order valence-corrected chi connectivity index (χ3v) is 2.13. The number of nitrogens with one attached hydrogen (secondary N) is 1. The van der Waals surface area contributed by atoms with E-state index in [1.807, 2.05) is 0 Å². The van der Waals surface area contributed by atoms with Crippen LogP contribution in [-0.4, -0.2) is 25.7 Å². The lowest BCUT2D eigenvalue weighted by Gasteiger charge is -2.01. The van der Waals surface area contributed by atoms with Gasteiger partial charge in [-0.05, 0) is 11.6 Å². The summed E-state index contributed by atoms with van der Waals surface area (Å²) >= 11 is 5.49. The SMILES string of the molecule is Cn1nc(C(=O)Nc2cnc(Cl)nc2)cc1F.